The predicted octanol–water partition coefficient (Wildman–Crippen LogP) is 8.01. The van der Waals surface area contributed by atoms with E-state index in [0.29, 0.717) is 41.6 Å². The first kappa shape index (κ1) is 36.2. The Balaban J connectivity index is 2.07. The van der Waals surface area contributed by atoms with Gasteiger partial charge in [-0.25, -0.2) is 9.59 Å². The maximum Gasteiger partial charge on any atom is 0.336 e. The normalized spacial score (nSPS) is 11.8. The lowest BCUT2D eigenvalue weighted by atomic mass is 9.90. The molecule has 0 spiro atoms. The van der Waals surface area contributed by atoms with Gasteiger partial charge in [0.25, 0.3) is 0 Å². The van der Waals surface area contributed by atoms with E-state index in [1.54, 1.807) is 6.07 Å². The van der Waals surface area contributed by atoms with Crippen LogP contribution in [0.25, 0.3) is 21.9 Å². The van der Waals surface area contributed by atoms with Gasteiger partial charge in [-0.05, 0) is 126 Å². The average molecular weight is 623 g/mol. The van der Waals surface area contributed by atoms with Crippen LogP contribution in [0.3, 0.4) is 0 Å². The van der Waals surface area contributed by atoms with Crippen LogP contribution in [0.4, 0.5) is 0 Å². The van der Waals surface area contributed by atoms with Crippen molar-refractivity contribution in [2.45, 2.75) is 105 Å². The smallest absolute Gasteiger partial charge is 0.336 e. The van der Waals surface area contributed by atoms with E-state index in [1.165, 1.54) is 18.2 Å². The SMILES string of the molecule is CCCCN(CCCC)CCCc1cc2oc3ccc(C(=O)O)cc3c(=O)c2c(CCCN(CCCC)CCCC)c1C(=O)O. The van der Waals surface area contributed by atoms with Gasteiger partial charge in [-0.1, -0.05) is 53.4 Å². The maximum absolute atomic E-state index is 14.0. The fourth-order valence-corrected chi connectivity index (χ4v) is 6.17. The second-order valence-electron chi connectivity index (χ2n) is 12.3. The standard InChI is InChI=1S/C37H54N2O6/c1-5-9-19-38(20-10-6-2)23-13-15-27-26-32-34(35(40)30-25-28(36(41)42)17-18-31(30)45-32)29(33(27)37(43)44)16-14-24-39(21-11-7-3)22-12-8-4/h17-18,25-26H,5-16,19-24H2,1-4H3,(H,41,42)(H,43,44). The summed E-state index contributed by atoms with van der Waals surface area (Å²) in [7, 11) is 0. The highest BCUT2D eigenvalue weighted by molar-refractivity contribution is 6.01. The van der Waals surface area contributed by atoms with Crippen molar-refractivity contribution in [1.29, 1.82) is 0 Å². The molecule has 45 heavy (non-hydrogen) atoms. The average Bonchev–Trinajstić information content (AvgIpc) is 3.02. The first-order chi connectivity index (χ1) is 21.7. The molecule has 0 saturated heterocycles. The van der Waals surface area contributed by atoms with E-state index >= 15 is 0 Å². The number of fused-ring (bicyclic) bond motifs is 2. The highest BCUT2D eigenvalue weighted by Crippen LogP contribution is 2.30. The Bertz CT molecular complexity index is 1450. The van der Waals surface area contributed by atoms with Crippen LogP contribution >= 0.6 is 0 Å². The molecule has 3 aromatic rings. The summed E-state index contributed by atoms with van der Waals surface area (Å²) in [5, 5.41) is 20.5. The van der Waals surface area contributed by atoms with Crippen LogP contribution in [0.15, 0.2) is 33.5 Å². The molecule has 0 aliphatic heterocycles. The fourth-order valence-electron chi connectivity index (χ4n) is 6.17. The molecule has 8 nitrogen and oxygen atoms in total. The number of carboxylic acids is 2. The van der Waals surface area contributed by atoms with Gasteiger partial charge >= 0.3 is 11.9 Å². The van der Waals surface area contributed by atoms with Crippen molar-refractivity contribution < 1.29 is 24.2 Å². The van der Waals surface area contributed by atoms with Crippen LogP contribution in [-0.2, 0) is 12.8 Å². The largest absolute Gasteiger partial charge is 0.478 e. The maximum atomic E-state index is 14.0. The van der Waals surface area contributed by atoms with Crippen molar-refractivity contribution in [3.63, 3.8) is 0 Å². The first-order valence-corrected chi connectivity index (χ1v) is 17.2. The minimum Gasteiger partial charge on any atom is -0.478 e. The molecule has 8 heteroatoms. The highest BCUT2D eigenvalue weighted by Gasteiger charge is 2.24. The van der Waals surface area contributed by atoms with Gasteiger partial charge in [0.05, 0.1) is 21.9 Å². The Hall–Kier alpha value is -3.23. The molecule has 0 atom stereocenters. The molecule has 2 N–H and O–H groups in total. The van der Waals surface area contributed by atoms with Gasteiger partial charge in [0.15, 0.2) is 0 Å². The summed E-state index contributed by atoms with van der Waals surface area (Å²) in [6.07, 6.45) is 11.5. The Morgan fingerprint density at radius 3 is 1.67 bits per heavy atom. The van der Waals surface area contributed by atoms with E-state index in [0.717, 1.165) is 97.1 Å². The predicted molar refractivity (Wildman–Crippen MR) is 183 cm³/mol. The van der Waals surface area contributed by atoms with E-state index in [4.69, 9.17) is 4.42 Å². The molecule has 0 aliphatic rings. The molecule has 0 radical (unpaired) electrons. The van der Waals surface area contributed by atoms with Gasteiger partial charge in [-0.15, -0.1) is 0 Å². The Labute approximate surface area is 268 Å². The number of unbranched alkanes of at least 4 members (excludes halogenated alkanes) is 4. The lowest BCUT2D eigenvalue weighted by Crippen LogP contribution is -2.28. The lowest BCUT2D eigenvalue weighted by Gasteiger charge is -2.23. The molecule has 2 aromatic carbocycles. The van der Waals surface area contributed by atoms with Crippen molar-refractivity contribution >= 4 is 33.9 Å². The molecular weight excluding hydrogens is 568 g/mol. The zero-order valence-corrected chi connectivity index (χ0v) is 28.0. The van der Waals surface area contributed by atoms with Crippen molar-refractivity contribution in [2.24, 2.45) is 0 Å². The van der Waals surface area contributed by atoms with Crippen molar-refractivity contribution in [2.75, 3.05) is 39.3 Å². The van der Waals surface area contributed by atoms with Crippen LogP contribution in [0.5, 0.6) is 0 Å². The van der Waals surface area contributed by atoms with Crippen molar-refractivity contribution in [3.8, 4) is 0 Å². The summed E-state index contributed by atoms with van der Waals surface area (Å²) in [5.74, 6) is -2.17. The quantitative estimate of drug-likeness (QED) is 0.108. The van der Waals surface area contributed by atoms with Gasteiger partial charge in [-0.3, -0.25) is 4.79 Å². The Kier molecular flexibility index (Phi) is 15.0. The third-order valence-corrected chi connectivity index (χ3v) is 8.74. The number of hydrogen-bond acceptors (Lipinski definition) is 6. The zero-order chi connectivity index (χ0) is 32.8. The summed E-state index contributed by atoms with van der Waals surface area (Å²) in [6.45, 7) is 14.5. The van der Waals surface area contributed by atoms with Crippen LogP contribution in [0.1, 0.15) is 124 Å². The molecule has 0 amide bonds. The number of rotatable bonds is 22. The van der Waals surface area contributed by atoms with Crippen LogP contribution in [0.2, 0.25) is 0 Å². The number of aromatic carboxylic acids is 2. The van der Waals surface area contributed by atoms with Gasteiger partial charge in [-0.2, -0.15) is 0 Å². The molecule has 1 heterocycles. The first-order valence-electron chi connectivity index (χ1n) is 17.2. The second kappa shape index (κ2) is 18.7. The lowest BCUT2D eigenvalue weighted by molar-refractivity contribution is 0.0685. The van der Waals surface area contributed by atoms with Crippen LogP contribution in [-0.4, -0.2) is 71.2 Å². The van der Waals surface area contributed by atoms with Crippen LogP contribution < -0.4 is 5.43 Å². The molecule has 0 saturated carbocycles. The minimum absolute atomic E-state index is 0.0102. The van der Waals surface area contributed by atoms with E-state index in [9.17, 15) is 24.6 Å². The van der Waals surface area contributed by atoms with Crippen LogP contribution in [0, 0.1) is 0 Å². The number of carbonyl (C=O) groups is 2. The molecule has 0 bridgehead atoms. The monoisotopic (exact) mass is 622 g/mol. The zero-order valence-electron chi connectivity index (χ0n) is 28.0. The van der Waals surface area contributed by atoms with E-state index in [2.05, 4.69) is 37.5 Å². The molecule has 248 valence electrons. The summed E-state index contributed by atoms with van der Waals surface area (Å²) in [4.78, 5) is 43.5. The Morgan fingerprint density at radius 2 is 1.18 bits per heavy atom. The molecule has 1 aromatic heterocycles. The van der Waals surface area contributed by atoms with Gasteiger partial charge in [0, 0.05) is 0 Å². The van der Waals surface area contributed by atoms with Crippen molar-refractivity contribution in [1.82, 2.24) is 9.80 Å². The number of hydrogen-bond donors (Lipinski definition) is 2. The minimum atomic E-state index is -1.13. The second-order valence-corrected chi connectivity index (χ2v) is 12.3. The van der Waals surface area contributed by atoms with Gasteiger partial charge in [0.2, 0.25) is 5.43 Å². The topological polar surface area (TPSA) is 111 Å². The third kappa shape index (κ3) is 10.1. The summed E-state index contributed by atoms with van der Waals surface area (Å²) in [6, 6.07) is 6.02. The molecule has 0 unspecified atom stereocenters. The number of nitrogens with zero attached hydrogens (tertiary/aromatic N) is 2. The Morgan fingerprint density at radius 1 is 0.667 bits per heavy atom. The third-order valence-electron chi connectivity index (χ3n) is 8.74. The summed E-state index contributed by atoms with van der Waals surface area (Å²) < 4.78 is 6.24. The van der Waals surface area contributed by atoms with Crippen molar-refractivity contribution in [3.05, 3.63) is 56.7 Å². The summed E-state index contributed by atoms with van der Waals surface area (Å²) in [5.41, 5.74) is 1.68. The highest BCUT2D eigenvalue weighted by atomic mass is 16.4. The van der Waals surface area contributed by atoms with E-state index in [-0.39, 0.29) is 27.3 Å². The molecule has 3 rings (SSSR count). The number of benzene rings is 2. The summed E-state index contributed by atoms with van der Waals surface area (Å²) >= 11 is 0. The van der Waals surface area contributed by atoms with Gasteiger partial charge < -0.3 is 24.4 Å². The fraction of sp³-hybridized carbons (Fsp3) is 0.595. The van der Waals surface area contributed by atoms with E-state index < -0.39 is 11.9 Å². The molecule has 0 fully saturated rings. The molecular formula is C37H54N2O6. The number of aryl methyl sites for hydroxylation is 2. The molecule has 0 aliphatic carbocycles. The van der Waals surface area contributed by atoms with Gasteiger partial charge in [0.1, 0.15) is 11.2 Å². The van der Waals surface area contributed by atoms with E-state index in [1.807, 2.05) is 0 Å². The number of carboxylic acid groups (broad SMARTS) is 2.